The molecule has 0 saturated carbocycles. The van der Waals surface area contributed by atoms with Crippen LogP contribution in [0.3, 0.4) is 0 Å². The third-order valence-electron chi connectivity index (χ3n) is 3.87. The standard InChI is InChI=1S/C21H21N3O2/c1-16-7-9-18(10-8-16)19-11-12-21(24-23-19)26-14-13-22-20(25)15-17-5-3-2-4-6-17/h2-12H,13-15H2,1H3,(H,22,25). The molecule has 0 saturated heterocycles. The molecule has 0 radical (unpaired) electrons. The van der Waals surface area contributed by atoms with E-state index in [0.29, 0.717) is 25.5 Å². The first-order valence-electron chi connectivity index (χ1n) is 8.55. The molecular formula is C21H21N3O2. The van der Waals surface area contributed by atoms with Gasteiger partial charge < -0.3 is 10.1 Å². The van der Waals surface area contributed by atoms with Gasteiger partial charge in [0.1, 0.15) is 6.61 Å². The Morgan fingerprint density at radius 1 is 0.962 bits per heavy atom. The summed E-state index contributed by atoms with van der Waals surface area (Å²) >= 11 is 0. The van der Waals surface area contributed by atoms with Crippen molar-refractivity contribution >= 4 is 5.91 Å². The molecule has 0 aliphatic carbocycles. The Hall–Kier alpha value is -3.21. The molecule has 1 aromatic heterocycles. The third-order valence-corrected chi connectivity index (χ3v) is 3.87. The van der Waals surface area contributed by atoms with E-state index in [4.69, 9.17) is 4.74 Å². The first-order chi connectivity index (χ1) is 12.7. The van der Waals surface area contributed by atoms with Gasteiger partial charge in [-0.25, -0.2) is 0 Å². The van der Waals surface area contributed by atoms with E-state index in [1.165, 1.54) is 5.56 Å². The molecule has 3 rings (SSSR count). The highest BCUT2D eigenvalue weighted by molar-refractivity contribution is 5.78. The number of nitrogens with zero attached hydrogens (tertiary/aromatic N) is 2. The predicted octanol–water partition coefficient (Wildman–Crippen LogP) is 3.19. The van der Waals surface area contributed by atoms with Gasteiger partial charge in [-0.3, -0.25) is 4.79 Å². The van der Waals surface area contributed by atoms with Crippen LogP contribution < -0.4 is 10.1 Å². The van der Waals surface area contributed by atoms with Gasteiger partial charge in [-0.05, 0) is 18.6 Å². The second kappa shape index (κ2) is 8.76. The second-order valence-corrected chi connectivity index (χ2v) is 5.98. The van der Waals surface area contributed by atoms with E-state index in [9.17, 15) is 4.79 Å². The van der Waals surface area contributed by atoms with Gasteiger partial charge in [0, 0.05) is 11.6 Å². The Morgan fingerprint density at radius 2 is 1.73 bits per heavy atom. The molecule has 0 bridgehead atoms. The third kappa shape index (κ3) is 5.14. The van der Waals surface area contributed by atoms with Crippen molar-refractivity contribution in [3.05, 3.63) is 77.9 Å². The average Bonchev–Trinajstić information content (AvgIpc) is 2.67. The molecule has 0 spiro atoms. The van der Waals surface area contributed by atoms with Crippen LogP contribution in [0.5, 0.6) is 5.88 Å². The van der Waals surface area contributed by atoms with Gasteiger partial charge in [0.15, 0.2) is 0 Å². The van der Waals surface area contributed by atoms with Crippen molar-refractivity contribution in [3.63, 3.8) is 0 Å². The number of rotatable bonds is 7. The van der Waals surface area contributed by atoms with Gasteiger partial charge in [0.25, 0.3) is 0 Å². The fourth-order valence-corrected chi connectivity index (χ4v) is 2.47. The summed E-state index contributed by atoms with van der Waals surface area (Å²) in [5.74, 6) is 0.416. The van der Waals surface area contributed by atoms with Gasteiger partial charge in [-0.15, -0.1) is 10.2 Å². The van der Waals surface area contributed by atoms with E-state index >= 15 is 0 Å². The molecule has 3 aromatic rings. The van der Waals surface area contributed by atoms with E-state index in [-0.39, 0.29) is 5.91 Å². The summed E-state index contributed by atoms with van der Waals surface area (Å²) in [5, 5.41) is 11.1. The van der Waals surface area contributed by atoms with Gasteiger partial charge in [-0.1, -0.05) is 60.2 Å². The Labute approximate surface area is 153 Å². The molecule has 0 fully saturated rings. The molecule has 26 heavy (non-hydrogen) atoms. The molecule has 1 N–H and O–H groups in total. The molecule has 5 nitrogen and oxygen atoms in total. The van der Waals surface area contributed by atoms with Crippen molar-refractivity contribution in [2.24, 2.45) is 0 Å². The molecule has 0 unspecified atom stereocenters. The summed E-state index contributed by atoms with van der Waals surface area (Å²) in [6, 6.07) is 21.4. The fraction of sp³-hybridized carbons (Fsp3) is 0.190. The van der Waals surface area contributed by atoms with Crippen LogP contribution in [0.2, 0.25) is 0 Å². The van der Waals surface area contributed by atoms with E-state index in [2.05, 4.69) is 15.5 Å². The summed E-state index contributed by atoms with van der Waals surface area (Å²) in [6.45, 7) is 2.82. The molecule has 132 valence electrons. The zero-order valence-electron chi connectivity index (χ0n) is 14.7. The van der Waals surface area contributed by atoms with Gasteiger partial charge in [0.2, 0.25) is 11.8 Å². The van der Waals surface area contributed by atoms with Crippen molar-refractivity contribution in [2.75, 3.05) is 13.2 Å². The van der Waals surface area contributed by atoms with E-state index in [1.54, 1.807) is 6.07 Å². The van der Waals surface area contributed by atoms with Crippen LogP contribution in [0.15, 0.2) is 66.7 Å². The maximum absolute atomic E-state index is 11.9. The maximum Gasteiger partial charge on any atom is 0.233 e. The number of nitrogens with one attached hydrogen (secondary N) is 1. The number of hydrogen-bond donors (Lipinski definition) is 1. The lowest BCUT2D eigenvalue weighted by Crippen LogP contribution is -2.29. The second-order valence-electron chi connectivity index (χ2n) is 5.98. The van der Waals surface area contributed by atoms with Crippen LogP contribution in [0, 0.1) is 6.92 Å². The Kier molecular flexibility index (Phi) is 5.93. The van der Waals surface area contributed by atoms with Crippen molar-refractivity contribution in [3.8, 4) is 17.1 Å². The highest BCUT2D eigenvalue weighted by Crippen LogP contribution is 2.18. The highest BCUT2D eigenvalue weighted by atomic mass is 16.5. The van der Waals surface area contributed by atoms with Crippen molar-refractivity contribution in [1.29, 1.82) is 0 Å². The number of amides is 1. The van der Waals surface area contributed by atoms with Crippen molar-refractivity contribution < 1.29 is 9.53 Å². The Bertz CT molecular complexity index is 831. The molecule has 1 amide bonds. The number of aryl methyl sites for hydroxylation is 1. The Morgan fingerprint density at radius 3 is 2.42 bits per heavy atom. The lowest BCUT2D eigenvalue weighted by Gasteiger charge is -2.07. The zero-order valence-corrected chi connectivity index (χ0v) is 14.7. The molecular weight excluding hydrogens is 326 g/mol. The van der Waals surface area contributed by atoms with Gasteiger partial charge >= 0.3 is 0 Å². The number of aromatic nitrogens is 2. The first-order valence-corrected chi connectivity index (χ1v) is 8.55. The lowest BCUT2D eigenvalue weighted by molar-refractivity contribution is -0.120. The summed E-state index contributed by atoms with van der Waals surface area (Å²) in [5.41, 5.74) is 4.01. The molecule has 1 heterocycles. The molecule has 0 aliphatic heterocycles. The predicted molar refractivity (Wildman–Crippen MR) is 101 cm³/mol. The summed E-state index contributed by atoms with van der Waals surface area (Å²) in [4.78, 5) is 11.9. The first kappa shape index (κ1) is 17.6. The summed E-state index contributed by atoms with van der Waals surface area (Å²) in [7, 11) is 0. The fourth-order valence-electron chi connectivity index (χ4n) is 2.47. The van der Waals surface area contributed by atoms with Crippen molar-refractivity contribution in [1.82, 2.24) is 15.5 Å². The van der Waals surface area contributed by atoms with Crippen LogP contribution in [-0.2, 0) is 11.2 Å². The zero-order chi connectivity index (χ0) is 18.2. The average molecular weight is 347 g/mol. The van der Waals surface area contributed by atoms with Crippen LogP contribution in [0.4, 0.5) is 0 Å². The minimum Gasteiger partial charge on any atom is -0.475 e. The Balaban J connectivity index is 1.42. The molecule has 0 atom stereocenters. The number of carbonyl (C=O) groups excluding carboxylic acids is 1. The lowest BCUT2D eigenvalue weighted by atomic mass is 10.1. The summed E-state index contributed by atoms with van der Waals surface area (Å²) < 4.78 is 5.53. The van der Waals surface area contributed by atoms with Crippen LogP contribution in [-0.4, -0.2) is 29.3 Å². The molecule has 2 aromatic carbocycles. The van der Waals surface area contributed by atoms with Crippen molar-refractivity contribution in [2.45, 2.75) is 13.3 Å². The number of carbonyl (C=O) groups is 1. The number of ether oxygens (including phenoxy) is 1. The van der Waals surface area contributed by atoms with Gasteiger partial charge in [0.05, 0.1) is 18.7 Å². The van der Waals surface area contributed by atoms with E-state index in [1.807, 2.05) is 67.6 Å². The maximum atomic E-state index is 11.9. The minimum atomic E-state index is -0.0272. The molecule has 5 heteroatoms. The highest BCUT2D eigenvalue weighted by Gasteiger charge is 2.04. The van der Waals surface area contributed by atoms with Crippen LogP contribution in [0.25, 0.3) is 11.3 Å². The summed E-state index contributed by atoms with van der Waals surface area (Å²) in [6.07, 6.45) is 0.367. The van der Waals surface area contributed by atoms with E-state index < -0.39 is 0 Å². The largest absolute Gasteiger partial charge is 0.475 e. The smallest absolute Gasteiger partial charge is 0.233 e. The molecule has 0 aliphatic rings. The normalized spacial score (nSPS) is 10.3. The monoisotopic (exact) mass is 347 g/mol. The quantitative estimate of drug-likeness (QED) is 0.667. The number of benzene rings is 2. The topological polar surface area (TPSA) is 64.1 Å². The number of hydrogen-bond acceptors (Lipinski definition) is 4. The van der Waals surface area contributed by atoms with Crippen LogP contribution in [0.1, 0.15) is 11.1 Å². The van der Waals surface area contributed by atoms with Gasteiger partial charge in [-0.2, -0.15) is 0 Å². The minimum absolute atomic E-state index is 0.0272. The van der Waals surface area contributed by atoms with E-state index in [0.717, 1.165) is 16.8 Å². The van der Waals surface area contributed by atoms with Crippen LogP contribution >= 0.6 is 0 Å². The SMILES string of the molecule is Cc1ccc(-c2ccc(OCCNC(=O)Cc3ccccc3)nn2)cc1.